The van der Waals surface area contributed by atoms with Crippen LogP contribution in [0.2, 0.25) is 0 Å². The number of hydrogen-bond acceptors (Lipinski definition) is 4. The second-order valence-corrected chi connectivity index (χ2v) is 6.43. The molecule has 0 spiro atoms. The van der Waals surface area contributed by atoms with Gasteiger partial charge < -0.3 is 14.4 Å². The van der Waals surface area contributed by atoms with Crippen molar-refractivity contribution < 1.29 is 23.5 Å². The molecule has 1 aromatic heterocycles. The van der Waals surface area contributed by atoms with E-state index < -0.39 is 23.5 Å². The van der Waals surface area contributed by atoms with Gasteiger partial charge in [-0.05, 0) is 29.8 Å². The van der Waals surface area contributed by atoms with Gasteiger partial charge in [0.1, 0.15) is 17.3 Å². The number of furan rings is 1. The normalized spacial score (nSPS) is 18.6. The fourth-order valence-corrected chi connectivity index (χ4v) is 3.39. The summed E-state index contributed by atoms with van der Waals surface area (Å²) in [5.74, 6) is -1.91. The second kappa shape index (κ2) is 7.15. The lowest BCUT2D eigenvalue weighted by Crippen LogP contribution is -2.29. The first kappa shape index (κ1) is 17.7. The molecule has 1 atom stereocenters. The summed E-state index contributed by atoms with van der Waals surface area (Å²) in [6.45, 7) is 0.0182. The van der Waals surface area contributed by atoms with Crippen molar-refractivity contribution in [2.24, 2.45) is 0 Å². The molecule has 1 N–H and O–H groups in total. The van der Waals surface area contributed by atoms with Crippen LogP contribution in [-0.4, -0.2) is 21.7 Å². The molecule has 0 saturated carbocycles. The molecule has 1 aliphatic heterocycles. The van der Waals surface area contributed by atoms with Gasteiger partial charge in [-0.25, -0.2) is 4.39 Å². The largest absolute Gasteiger partial charge is 0.507 e. The number of nitrogens with zero attached hydrogens (tertiary/aromatic N) is 1. The third-order valence-electron chi connectivity index (χ3n) is 4.66. The van der Waals surface area contributed by atoms with Gasteiger partial charge in [0.25, 0.3) is 11.7 Å². The highest BCUT2D eigenvalue weighted by atomic mass is 19.1. The van der Waals surface area contributed by atoms with Crippen LogP contribution in [0.15, 0.2) is 83.0 Å². The number of Topliss-reactive ketones (excluding diaryl/α,β-unsaturated/α-hetero) is 1. The molecule has 1 amide bonds. The number of amides is 1. The molecular weight excluding hydrogens is 361 g/mol. The molecule has 1 saturated heterocycles. The van der Waals surface area contributed by atoms with Crippen LogP contribution in [0, 0.1) is 5.82 Å². The Balaban J connectivity index is 1.88. The monoisotopic (exact) mass is 377 g/mol. The molecule has 3 aromatic rings. The summed E-state index contributed by atoms with van der Waals surface area (Å²) in [6, 6.07) is 16.5. The van der Waals surface area contributed by atoms with Crippen LogP contribution >= 0.6 is 0 Å². The predicted octanol–water partition coefficient (Wildman–Crippen LogP) is 4.04. The van der Waals surface area contributed by atoms with E-state index in [0.717, 1.165) is 0 Å². The average molecular weight is 377 g/mol. The standard InChI is InChI=1S/C22H16FNO4/c23-16-9-4-8-15(12-16)19-18(20(25)14-6-2-1-3-7-14)21(26)22(27)24(19)13-17-10-5-11-28-17/h1-12,19,25H,13H2/b20-18+. The topological polar surface area (TPSA) is 70.8 Å². The third kappa shape index (κ3) is 3.09. The molecule has 2 heterocycles. The summed E-state index contributed by atoms with van der Waals surface area (Å²) in [5.41, 5.74) is 0.719. The molecule has 0 radical (unpaired) electrons. The van der Waals surface area contributed by atoms with Crippen molar-refractivity contribution in [3.8, 4) is 0 Å². The van der Waals surface area contributed by atoms with Crippen LogP contribution in [0.5, 0.6) is 0 Å². The number of carbonyl (C=O) groups excluding carboxylic acids is 2. The maximum Gasteiger partial charge on any atom is 0.296 e. The molecule has 0 bridgehead atoms. The molecule has 1 unspecified atom stereocenters. The third-order valence-corrected chi connectivity index (χ3v) is 4.66. The van der Waals surface area contributed by atoms with Gasteiger partial charge in [-0.3, -0.25) is 9.59 Å². The zero-order chi connectivity index (χ0) is 19.7. The number of rotatable bonds is 4. The second-order valence-electron chi connectivity index (χ2n) is 6.43. The molecule has 5 nitrogen and oxygen atoms in total. The van der Waals surface area contributed by atoms with E-state index in [4.69, 9.17) is 4.42 Å². The van der Waals surface area contributed by atoms with Crippen molar-refractivity contribution in [3.05, 3.63) is 101 Å². The van der Waals surface area contributed by atoms with Gasteiger partial charge in [0.2, 0.25) is 0 Å². The Morgan fingerprint density at radius 3 is 2.50 bits per heavy atom. The van der Waals surface area contributed by atoms with Crippen LogP contribution in [0.1, 0.15) is 22.9 Å². The molecule has 1 fully saturated rings. The Kier molecular flexibility index (Phi) is 4.53. The summed E-state index contributed by atoms with van der Waals surface area (Å²) in [6.07, 6.45) is 1.47. The van der Waals surface area contributed by atoms with E-state index in [1.54, 1.807) is 48.5 Å². The van der Waals surface area contributed by atoms with Crippen molar-refractivity contribution in [2.75, 3.05) is 0 Å². The van der Waals surface area contributed by atoms with Crippen LogP contribution in [0.25, 0.3) is 5.76 Å². The predicted molar refractivity (Wildman–Crippen MR) is 99.4 cm³/mol. The number of likely N-dealkylation sites (tertiary alicyclic amines) is 1. The molecular formula is C22H16FNO4. The van der Waals surface area contributed by atoms with E-state index in [1.807, 2.05) is 0 Å². The maximum absolute atomic E-state index is 13.9. The molecule has 0 aliphatic carbocycles. The molecule has 140 valence electrons. The van der Waals surface area contributed by atoms with Crippen LogP contribution < -0.4 is 0 Å². The van der Waals surface area contributed by atoms with E-state index in [-0.39, 0.29) is 17.9 Å². The average Bonchev–Trinajstić information content (AvgIpc) is 3.30. The van der Waals surface area contributed by atoms with Gasteiger partial charge in [0.05, 0.1) is 24.4 Å². The summed E-state index contributed by atoms with van der Waals surface area (Å²) in [4.78, 5) is 26.8. The zero-order valence-electron chi connectivity index (χ0n) is 14.7. The Morgan fingerprint density at radius 1 is 1.04 bits per heavy atom. The lowest BCUT2D eigenvalue weighted by atomic mass is 9.95. The number of halogens is 1. The van der Waals surface area contributed by atoms with E-state index in [9.17, 15) is 19.1 Å². The number of aliphatic hydroxyl groups excluding tert-OH is 1. The SMILES string of the molecule is O=C1C(=O)N(Cc2ccco2)C(c2cccc(F)c2)/C1=C(\O)c1ccccc1. The summed E-state index contributed by atoms with van der Waals surface area (Å²) in [7, 11) is 0. The minimum absolute atomic E-state index is 0.0182. The molecule has 28 heavy (non-hydrogen) atoms. The lowest BCUT2D eigenvalue weighted by Gasteiger charge is -2.24. The molecule has 2 aromatic carbocycles. The fraction of sp³-hybridized carbons (Fsp3) is 0.0909. The van der Waals surface area contributed by atoms with Crippen molar-refractivity contribution in [1.29, 1.82) is 0 Å². The number of ketones is 1. The van der Waals surface area contributed by atoms with Crippen molar-refractivity contribution >= 4 is 17.4 Å². The molecule has 6 heteroatoms. The highest BCUT2D eigenvalue weighted by Gasteiger charge is 2.46. The first-order valence-corrected chi connectivity index (χ1v) is 8.68. The Hall–Kier alpha value is -3.67. The minimum atomic E-state index is -0.930. The van der Waals surface area contributed by atoms with Crippen molar-refractivity contribution in [3.63, 3.8) is 0 Å². The van der Waals surface area contributed by atoms with Gasteiger partial charge in [0.15, 0.2) is 0 Å². The van der Waals surface area contributed by atoms with Gasteiger partial charge in [-0.15, -0.1) is 0 Å². The Bertz CT molecular complexity index is 1060. The highest BCUT2D eigenvalue weighted by molar-refractivity contribution is 6.46. The van der Waals surface area contributed by atoms with E-state index in [1.165, 1.54) is 29.4 Å². The lowest BCUT2D eigenvalue weighted by molar-refractivity contribution is -0.140. The van der Waals surface area contributed by atoms with Gasteiger partial charge in [0, 0.05) is 5.56 Å². The summed E-state index contributed by atoms with van der Waals surface area (Å²) >= 11 is 0. The van der Waals surface area contributed by atoms with Gasteiger partial charge in [-0.1, -0.05) is 42.5 Å². The van der Waals surface area contributed by atoms with E-state index in [2.05, 4.69) is 0 Å². The molecule has 4 rings (SSSR count). The summed E-state index contributed by atoms with van der Waals surface area (Å²) in [5, 5.41) is 10.8. The van der Waals surface area contributed by atoms with Crippen LogP contribution in [0.3, 0.4) is 0 Å². The van der Waals surface area contributed by atoms with Crippen LogP contribution in [-0.2, 0) is 16.1 Å². The highest BCUT2D eigenvalue weighted by Crippen LogP contribution is 2.40. The first-order valence-electron chi connectivity index (χ1n) is 8.68. The number of aliphatic hydroxyl groups is 1. The number of carbonyl (C=O) groups is 2. The first-order chi connectivity index (χ1) is 13.6. The van der Waals surface area contributed by atoms with Crippen LogP contribution in [0.4, 0.5) is 4.39 Å². The van der Waals surface area contributed by atoms with Crippen molar-refractivity contribution in [2.45, 2.75) is 12.6 Å². The van der Waals surface area contributed by atoms with Gasteiger partial charge in [-0.2, -0.15) is 0 Å². The Morgan fingerprint density at radius 2 is 1.82 bits per heavy atom. The van der Waals surface area contributed by atoms with E-state index in [0.29, 0.717) is 16.9 Å². The zero-order valence-corrected chi connectivity index (χ0v) is 14.7. The maximum atomic E-state index is 13.9. The smallest absolute Gasteiger partial charge is 0.296 e. The Labute approximate surface area is 160 Å². The minimum Gasteiger partial charge on any atom is -0.507 e. The number of hydrogen-bond donors (Lipinski definition) is 1. The molecule has 1 aliphatic rings. The van der Waals surface area contributed by atoms with Gasteiger partial charge >= 0.3 is 0 Å². The van der Waals surface area contributed by atoms with E-state index >= 15 is 0 Å². The quantitative estimate of drug-likeness (QED) is 0.423. The summed E-state index contributed by atoms with van der Waals surface area (Å²) < 4.78 is 19.2. The number of benzene rings is 2. The van der Waals surface area contributed by atoms with Crippen molar-refractivity contribution in [1.82, 2.24) is 4.90 Å². The fourth-order valence-electron chi connectivity index (χ4n) is 3.39.